The van der Waals surface area contributed by atoms with Gasteiger partial charge in [-0.25, -0.2) is 4.98 Å². The van der Waals surface area contributed by atoms with E-state index in [4.69, 9.17) is 10.5 Å². The highest BCUT2D eigenvalue weighted by Crippen LogP contribution is 2.35. The molecular weight excluding hydrogens is 258 g/mol. The summed E-state index contributed by atoms with van der Waals surface area (Å²) in [5.74, 6) is 0.466. The molecule has 0 atom stereocenters. The van der Waals surface area contributed by atoms with E-state index in [9.17, 15) is 0 Å². The van der Waals surface area contributed by atoms with Crippen molar-refractivity contribution in [2.24, 2.45) is 0 Å². The van der Waals surface area contributed by atoms with Crippen LogP contribution in [0.25, 0.3) is 0 Å². The molecule has 2 rings (SSSR count). The molecule has 0 spiro atoms. The van der Waals surface area contributed by atoms with Gasteiger partial charge in [-0.05, 0) is 25.0 Å². The molecule has 0 unspecified atom stereocenters. The molecule has 1 aromatic heterocycles. The Hall–Kier alpha value is -1.75. The largest absolute Gasteiger partial charge is 0.476 e. The number of ether oxygens (including phenoxy) is 1. The molecule has 1 aromatic carbocycles. The van der Waals surface area contributed by atoms with Crippen molar-refractivity contribution in [3.8, 4) is 5.88 Å². The first-order valence-corrected chi connectivity index (χ1v) is 7.00. The summed E-state index contributed by atoms with van der Waals surface area (Å²) in [7, 11) is 0. The molecule has 19 heavy (non-hydrogen) atoms. The lowest BCUT2D eigenvalue weighted by atomic mass is 10.2. The van der Waals surface area contributed by atoms with Gasteiger partial charge in [0, 0.05) is 4.90 Å². The first-order valence-electron chi connectivity index (χ1n) is 6.19. The average Bonchev–Trinajstić information content (AvgIpc) is 2.42. The van der Waals surface area contributed by atoms with E-state index in [1.807, 2.05) is 25.1 Å². The number of nitrogen functional groups attached to an aromatic ring is 1. The molecule has 5 heteroatoms. The average molecular weight is 275 g/mol. The third-order valence-corrected chi connectivity index (χ3v) is 3.75. The van der Waals surface area contributed by atoms with Crippen LogP contribution in [0.4, 0.5) is 5.69 Å². The minimum atomic E-state index is 0.466. The fourth-order valence-electron chi connectivity index (χ4n) is 1.53. The Bertz CT molecular complexity index is 560. The second-order valence-corrected chi connectivity index (χ2v) is 5.14. The monoisotopic (exact) mass is 275 g/mol. The van der Waals surface area contributed by atoms with Crippen molar-refractivity contribution in [2.45, 2.75) is 30.2 Å². The first-order chi connectivity index (χ1) is 9.22. The van der Waals surface area contributed by atoms with Gasteiger partial charge in [0.25, 0.3) is 0 Å². The normalized spacial score (nSPS) is 10.4. The van der Waals surface area contributed by atoms with Crippen molar-refractivity contribution in [3.05, 3.63) is 36.2 Å². The topological polar surface area (TPSA) is 61.0 Å². The number of anilines is 1. The van der Waals surface area contributed by atoms with Gasteiger partial charge < -0.3 is 10.5 Å². The minimum Gasteiger partial charge on any atom is -0.476 e. The van der Waals surface area contributed by atoms with Crippen LogP contribution in [0, 0.1) is 6.92 Å². The smallest absolute Gasteiger partial charge is 0.241 e. The highest BCUT2D eigenvalue weighted by Gasteiger charge is 2.11. The molecular formula is C14H17N3OS. The van der Waals surface area contributed by atoms with Gasteiger partial charge in [0.15, 0.2) is 0 Å². The van der Waals surface area contributed by atoms with Crippen LogP contribution in [0.5, 0.6) is 5.88 Å². The van der Waals surface area contributed by atoms with E-state index in [0.717, 1.165) is 16.3 Å². The van der Waals surface area contributed by atoms with Crippen LogP contribution in [-0.4, -0.2) is 16.6 Å². The summed E-state index contributed by atoms with van der Waals surface area (Å²) in [6.45, 7) is 4.71. The van der Waals surface area contributed by atoms with Gasteiger partial charge in [0.05, 0.1) is 6.61 Å². The van der Waals surface area contributed by atoms with Crippen LogP contribution < -0.4 is 10.5 Å². The van der Waals surface area contributed by atoms with Crippen LogP contribution in [0.1, 0.15) is 18.9 Å². The van der Waals surface area contributed by atoms with Crippen molar-refractivity contribution < 1.29 is 4.74 Å². The van der Waals surface area contributed by atoms with Crippen LogP contribution in [0.15, 0.2) is 40.5 Å². The number of hydrogen-bond acceptors (Lipinski definition) is 5. The molecule has 0 saturated heterocycles. The summed E-state index contributed by atoms with van der Waals surface area (Å²) in [4.78, 5) is 9.43. The maximum absolute atomic E-state index is 6.05. The van der Waals surface area contributed by atoms with Crippen molar-refractivity contribution in [1.82, 2.24) is 9.97 Å². The summed E-state index contributed by atoms with van der Waals surface area (Å²) in [5.41, 5.74) is 7.75. The summed E-state index contributed by atoms with van der Waals surface area (Å²) in [6.07, 6.45) is 2.41. The lowest BCUT2D eigenvalue weighted by Crippen LogP contribution is -2.03. The zero-order valence-electron chi connectivity index (χ0n) is 11.1. The summed E-state index contributed by atoms with van der Waals surface area (Å²) in [6, 6.07) is 8.13. The van der Waals surface area contributed by atoms with Crippen LogP contribution >= 0.6 is 11.8 Å². The second-order valence-electron chi connectivity index (χ2n) is 4.11. The van der Waals surface area contributed by atoms with Gasteiger partial charge in [0.1, 0.15) is 17.0 Å². The van der Waals surface area contributed by atoms with Gasteiger partial charge in [-0.2, -0.15) is 4.98 Å². The van der Waals surface area contributed by atoms with Gasteiger partial charge in [-0.15, -0.1) is 0 Å². The van der Waals surface area contributed by atoms with Crippen molar-refractivity contribution in [2.75, 3.05) is 12.3 Å². The molecule has 2 N–H and O–H groups in total. The number of aromatic nitrogens is 2. The quantitative estimate of drug-likeness (QED) is 0.848. The zero-order valence-corrected chi connectivity index (χ0v) is 11.9. The maximum Gasteiger partial charge on any atom is 0.241 e. The fraction of sp³-hybridized carbons (Fsp3) is 0.286. The Morgan fingerprint density at radius 2 is 2.05 bits per heavy atom. The molecule has 0 bridgehead atoms. The Morgan fingerprint density at radius 3 is 2.79 bits per heavy atom. The second kappa shape index (κ2) is 6.43. The Balaban J connectivity index is 2.23. The Labute approximate surface area is 117 Å². The van der Waals surface area contributed by atoms with Crippen LogP contribution in [-0.2, 0) is 0 Å². The lowest BCUT2D eigenvalue weighted by molar-refractivity contribution is 0.305. The molecule has 0 fully saturated rings. The Morgan fingerprint density at radius 1 is 1.26 bits per heavy atom. The van der Waals surface area contributed by atoms with Gasteiger partial charge in [0.2, 0.25) is 5.88 Å². The summed E-state index contributed by atoms with van der Waals surface area (Å²) < 4.78 is 5.51. The van der Waals surface area contributed by atoms with E-state index in [-0.39, 0.29) is 0 Å². The number of aryl methyl sites for hydroxylation is 1. The van der Waals surface area contributed by atoms with E-state index < -0.39 is 0 Å². The number of rotatable bonds is 5. The van der Waals surface area contributed by atoms with E-state index in [0.29, 0.717) is 18.2 Å². The molecule has 0 saturated carbocycles. The molecule has 100 valence electrons. The summed E-state index contributed by atoms with van der Waals surface area (Å²) >= 11 is 1.53. The van der Waals surface area contributed by atoms with Crippen molar-refractivity contribution in [1.29, 1.82) is 0 Å². The molecule has 0 aliphatic carbocycles. The minimum absolute atomic E-state index is 0.466. The molecule has 0 aliphatic heterocycles. The van der Waals surface area contributed by atoms with E-state index in [1.54, 1.807) is 0 Å². The van der Waals surface area contributed by atoms with Gasteiger partial charge in [-0.1, -0.05) is 36.9 Å². The molecule has 4 nitrogen and oxygen atoms in total. The predicted molar refractivity (Wildman–Crippen MR) is 77.5 cm³/mol. The van der Waals surface area contributed by atoms with Crippen LogP contribution in [0.3, 0.4) is 0 Å². The van der Waals surface area contributed by atoms with Crippen LogP contribution in [0.2, 0.25) is 0 Å². The molecule has 0 amide bonds. The third kappa shape index (κ3) is 3.38. The van der Waals surface area contributed by atoms with E-state index in [2.05, 4.69) is 23.0 Å². The molecule has 2 aromatic rings. The Kier molecular flexibility index (Phi) is 4.63. The van der Waals surface area contributed by atoms with E-state index in [1.165, 1.54) is 23.7 Å². The van der Waals surface area contributed by atoms with Gasteiger partial charge >= 0.3 is 0 Å². The third-order valence-electron chi connectivity index (χ3n) is 2.55. The van der Waals surface area contributed by atoms with E-state index >= 15 is 0 Å². The molecule has 0 aliphatic rings. The zero-order chi connectivity index (χ0) is 13.7. The number of benzene rings is 1. The number of nitrogens with two attached hydrogens (primary N) is 1. The number of nitrogens with zero attached hydrogens (tertiary/aromatic N) is 2. The lowest BCUT2D eigenvalue weighted by Gasteiger charge is -2.10. The fourth-order valence-corrected chi connectivity index (χ4v) is 2.42. The number of hydrogen-bond donors (Lipinski definition) is 1. The highest BCUT2D eigenvalue weighted by atomic mass is 32.2. The first kappa shape index (κ1) is 13.7. The van der Waals surface area contributed by atoms with Gasteiger partial charge in [-0.3, -0.25) is 0 Å². The maximum atomic E-state index is 6.05. The highest BCUT2D eigenvalue weighted by molar-refractivity contribution is 7.99. The van der Waals surface area contributed by atoms with Crippen molar-refractivity contribution in [3.63, 3.8) is 0 Å². The SMILES string of the molecule is CCCOc1ncnc(Sc2ccccc2C)c1N. The van der Waals surface area contributed by atoms with Crippen molar-refractivity contribution >= 4 is 17.4 Å². The molecule has 1 heterocycles. The molecule has 0 radical (unpaired) electrons. The summed E-state index contributed by atoms with van der Waals surface area (Å²) in [5, 5.41) is 0.732. The predicted octanol–water partition coefficient (Wildman–Crippen LogP) is 3.31. The standard InChI is InChI=1S/C14H17N3OS/c1-3-8-18-13-12(15)14(17-9-16-13)19-11-7-5-4-6-10(11)2/h4-7,9H,3,8,15H2,1-2H3.